The molecule has 4 nitrogen and oxygen atoms in total. The zero-order chi connectivity index (χ0) is 17.6. The molecule has 0 aromatic heterocycles. The van der Waals surface area contributed by atoms with Gasteiger partial charge < -0.3 is 10.2 Å². The number of nitrogens with zero attached hydrogens (tertiary/aromatic N) is 1. The van der Waals surface area contributed by atoms with E-state index in [1.165, 1.54) is 0 Å². The Hall–Kier alpha value is -2.62. The molecule has 2 aromatic rings. The standard InChI is InChI=1S/C21H24N2O2/c1-2-13-23(15-16-7-4-3-5-8-16)21(25)18-9-6-10-19(14-18)22-20(24)17-11-12-17/h3-10,14,17H,2,11-13,15H2,1H3,(H,22,24). The molecular formula is C21H24N2O2. The third kappa shape index (κ3) is 4.69. The van der Waals surface area contributed by atoms with Gasteiger partial charge in [-0.1, -0.05) is 43.3 Å². The minimum Gasteiger partial charge on any atom is -0.334 e. The monoisotopic (exact) mass is 336 g/mol. The van der Waals surface area contributed by atoms with E-state index in [2.05, 4.69) is 12.2 Å². The van der Waals surface area contributed by atoms with Gasteiger partial charge in [-0.05, 0) is 43.0 Å². The Bertz CT molecular complexity index is 739. The molecule has 1 fully saturated rings. The molecule has 1 aliphatic carbocycles. The minimum atomic E-state index is -0.00627. The highest BCUT2D eigenvalue weighted by Gasteiger charge is 2.29. The van der Waals surface area contributed by atoms with Gasteiger partial charge in [0.25, 0.3) is 5.91 Å². The van der Waals surface area contributed by atoms with Crippen LogP contribution in [-0.2, 0) is 11.3 Å². The topological polar surface area (TPSA) is 49.4 Å². The molecule has 130 valence electrons. The van der Waals surface area contributed by atoms with Crippen molar-refractivity contribution in [3.63, 3.8) is 0 Å². The molecule has 0 spiro atoms. The summed E-state index contributed by atoms with van der Waals surface area (Å²) < 4.78 is 0. The van der Waals surface area contributed by atoms with E-state index in [1.807, 2.05) is 53.4 Å². The van der Waals surface area contributed by atoms with Crippen LogP contribution in [-0.4, -0.2) is 23.3 Å². The number of hydrogen-bond donors (Lipinski definition) is 1. The molecule has 0 aliphatic heterocycles. The SMILES string of the molecule is CCCN(Cc1ccccc1)C(=O)c1cccc(NC(=O)C2CC2)c1. The van der Waals surface area contributed by atoms with E-state index >= 15 is 0 Å². The summed E-state index contributed by atoms with van der Waals surface area (Å²) >= 11 is 0. The molecule has 1 N–H and O–H groups in total. The van der Waals surface area contributed by atoms with Gasteiger partial charge in [-0.25, -0.2) is 0 Å². The molecular weight excluding hydrogens is 312 g/mol. The molecule has 0 atom stereocenters. The fourth-order valence-electron chi connectivity index (χ4n) is 2.83. The van der Waals surface area contributed by atoms with Crippen LogP contribution in [0.1, 0.15) is 42.1 Å². The van der Waals surface area contributed by atoms with Crippen molar-refractivity contribution in [1.29, 1.82) is 0 Å². The molecule has 2 aromatic carbocycles. The van der Waals surface area contributed by atoms with Crippen molar-refractivity contribution in [3.05, 3.63) is 65.7 Å². The van der Waals surface area contributed by atoms with E-state index in [-0.39, 0.29) is 17.7 Å². The zero-order valence-corrected chi connectivity index (χ0v) is 14.6. The first-order valence-corrected chi connectivity index (χ1v) is 8.91. The Morgan fingerprint density at radius 1 is 1.08 bits per heavy atom. The molecule has 0 radical (unpaired) electrons. The van der Waals surface area contributed by atoms with Crippen LogP contribution in [0.2, 0.25) is 0 Å². The second-order valence-corrected chi connectivity index (χ2v) is 6.56. The van der Waals surface area contributed by atoms with Gasteiger partial charge in [0.05, 0.1) is 0 Å². The first-order valence-electron chi connectivity index (χ1n) is 8.91. The van der Waals surface area contributed by atoms with E-state index in [0.717, 1.165) is 24.8 Å². The van der Waals surface area contributed by atoms with Crippen LogP contribution in [0, 0.1) is 5.92 Å². The Morgan fingerprint density at radius 3 is 2.52 bits per heavy atom. The number of carbonyl (C=O) groups is 2. The Morgan fingerprint density at radius 2 is 1.84 bits per heavy atom. The first-order chi connectivity index (χ1) is 12.2. The van der Waals surface area contributed by atoms with Crippen molar-refractivity contribution >= 4 is 17.5 Å². The van der Waals surface area contributed by atoms with Crippen molar-refractivity contribution in [2.75, 3.05) is 11.9 Å². The summed E-state index contributed by atoms with van der Waals surface area (Å²) in [5, 5.41) is 2.91. The van der Waals surface area contributed by atoms with Crippen molar-refractivity contribution in [2.45, 2.75) is 32.7 Å². The van der Waals surface area contributed by atoms with Gasteiger partial charge in [0, 0.05) is 30.3 Å². The van der Waals surface area contributed by atoms with Crippen LogP contribution in [0.5, 0.6) is 0 Å². The molecule has 2 amide bonds. The lowest BCUT2D eigenvalue weighted by Crippen LogP contribution is -2.31. The van der Waals surface area contributed by atoms with E-state index < -0.39 is 0 Å². The van der Waals surface area contributed by atoms with Gasteiger partial charge in [0.2, 0.25) is 5.91 Å². The lowest BCUT2D eigenvalue weighted by molar-refractivity contribution is -0.117. The molecule has 0 heterocycles. The average Bonchev–Trinajstić information content (AvgIpc) is 3.47. The van der Waals surface area contributed by atoms with Crippen molar-refractivity contribution < 1.29 is 9.59 Å². The lowest BCUT2D eigenvalue weighted by atomic mass is 10.1. The van der Waals surface area contributed by atoms with Crippen LogP contribution in [0.4, 0.5) is 5.69 Å². The third-order valence-electron chi connectivity index (χ3n) is 4.32. The summed E-state index contributed by atoms with van der Waals surface area (Å²) in [6.45, 7) is 3.36. The van der Waals surface area contributed by atoms with E-state index in [4.69, 9.17) is 0 Å². The number of nitrogens with one attached hydrogen (secondary N) is 1. The average molecular weight is 336 g/mol. The second-order valence-electron chi connectivity index (χ2n) is 6.56. The number of amides is 2. The maximum atomic E-state index is 12.9. The number of benzene rings is 2. The maximum Gasteiger partial charge on any atom is 0.254 e. The van der Waals surface area contributed by atoms with Gasteiger partial charge in [-0.2, -0.15) is 0 Å². The zero-order valence-electron chi connectivity index (χ0n) is 14.6. The maximum absolute atomic E-state index is 12.9. The highest BCUT2D eigenvalue weighted by Crippen LogP contribution is 2.30. The molecule has 25 heavy (non-hydrogen) atoms. The fourth-order valence-corrected chi connectivity index (χ4v) is 2.83. The summed E-state index contributed by atoms with van der Waals surface area (Å²) in [5.41, 5.74) is 2.42. The van der Waals surface area contributed by atoms with Gasteiger partial charge in [-0.15, -0.1) is 0 Å². The van der Waals surface area contributed by atoms with Gasteiger partial charge in [0.1, 0.15) is 0 Å². The summed E-state index contributed by atoms with van der Waals surface area (Å²) in [6, 6.07) is 17.2. The molecule has 0 bridgehead atoms. The second kappa shape index (κ2) is 7.97. The molecule has 3 rings (SSSR count). The Kier molecular flexibility index (Phi) is 5.49. The Balaban J connectivity index is 1.73. The van der Waals surface area contributed by atoms with Gasteiger partial charge >= 0.3 is 0 Å². The Labute approximate surface area is 148 Å². The van der Waals surface area contributed by atoms with E-state index in [1.54, 1.807) is 6.07 Å². The number of anilines is 1. The highest BCUT2D eigenvalue weighted by molar-refractivity contribution is 5.98. The van der Waals surface area contributed by atoms with Gasteiger partial charge in [-0.3, -0.25) is 9.59 Å². The molecule has 1 aliphatic rings. The molecule has 0 unspecified atom stereocenters. The number of carbonyl (C=O) groups excluding carboxylic acids is 2. The minimum absolute atomic E-state index is 0.00627. The summed E-state index contributed by atoms with van der Waals surface area (Å²) in [6.07, 6.45) is 2.83. The summed E-state index contributed by atoms with van der Waals surface area (Å²) in [7, 11) is 0. The normalized spacial score (nSPS) is 13.3. The van der Waals surface area contributed by atoms with E-state index in [0.29, 0.717) is 24.3 Å². The summed E-state index contributed by atoms with van der Waals surface area (Å²) in [4.78, 5) is 26.7. The van der Waals surface area contributed by atoms with Crippen LogP contribution in [0.3, 0.4) is 0 Å². The van der Waals surface area contributed by atoms with Crippen LogP contribution in [0.25, 0.3) is 0 Å². The van der Waals surface area contributed by atoms with Crippen LogP contribution >= 0.6 is 0 Å². The summed E-state index contributed by atoms with van der Waals surface area (Å²) in [5.74, 6) is 0.196. The van der Waals surface area contributed by atoms with E-state index in [9.17, 15) is 9.59 Å². The smallest absolute Gasteiger partial charge is 0.254 e. The lowest BCUT2D eigenvalue weighted by Gasteiger charge is -2.22. The highest BCUT2D eigenvalue weighted by atomic mass is 16.2. The van der Waals surface area contributed by atoms with Crippen LogP contribution < -0.4 is 5.32 Å². The molecule has 0 saturated heterocycles. The first kappa shape index (κ1) is 17.2. The van der Waals surface area contributed by atoms with Crippen molar-refractivity contribution in [3.8, 4) is 0 Å². The third-order valence-corrected chi connectivity index (χ3v) is 4.32. The predicted octanol–water partition coefficient (Wildman–Crippen LogP) is 4.09. The number of hydrogen-bond acceptors (Lipinski definition) is 2. The fraction of sp³-hybridized carbons (Fsp3) is 0.333. The number of rotatable bonds is 7. The van der Waals surface area contributed by atoms with Crippen LogP contribution in [0.15, 0.2) is 54.6 Å². The largest absolute Gasteiger partial charge is 0.334 e. The quantitative estimate of drug-likeness (QED) is 0.828. The molecule has 4 heteroatoms. The predicted molar refractivity (Wildman–Crippen MR) is 99.3 cm³/mol. The van der Waals surface area contributed by atoms with Crippen molar-refractivity contribution in [2.24, 2.45) is 5.92 Å². The van der Waals surface area contributed by atoms with Crippen molar-refractivity contribution in [1.82, 2.24) is 4.90 Å². The van der Waals surface area contributed by atoms with Gasteiger partial charge in [0.15, 0.2) is 0 Å². The molecule has 1 saturated carbocycles.